The molecule has 6 atom stereocenters. The van der Waals surface area contributed by atoms with E-state index in [0.29, 0.717) is 0 Å². The molecule has 0 spiro atoms. The van der Waals surface area contributed by atoms with Crippen LogP contribution in [0.2, 0.25) is 0 Å². The van der Waals surface area contributed by atoms with Crippen LogP contribution in [0.3, 0.4) is 0 Å². The number of methoxy groups -OCH3 is 6. The number of aromatic amines is 2. The maximum absolute atomic E-state index is 13.3. The summed E-state index contributed by atoms with van der Waals surface area (Å²) in [5, 5.41) is 0. The zero-order valence-corrected chi connectivity index (χ0v) is 50.9. The zero-order chi connectivity index (χ0) is 61.6. The molecule has 458 valence electrons. The van der Waals surface area contributed by atoms with Gasteiger partial charge < -0.3 is 76.3 Å². The molecule has 0 unspecified atom stereocenters. The molecule has 3 aromatic carbocycles. The van der Waals surface area contributed by atoms with Gasteiger partial charge in [-0.3, -0.25) is 8.37 Å². The number of aryl methyl sites for hydroxylation is 2. The fraction of sp³-hybridized carbons (Fsp3) is 0.429. The summed E-state index contributed by atoms with van der Waals surface area (Å²) < 4.78 is 153. The molecule has 8 bridgehead atoms. The number of nitrogens with zero attached hydrogens (tertiary/aromatic N) is 6. The molecule has 3 aromatic heterocycles. The first-order valence-corrected chi connectivity index (χ1v) is 29.4. The van der Waals surface area contributed by atoms with Crippen molar-refractivity contribution in [1.82, 2.24) is 39.9 Å². The average Bonchev–Trinajstić information content (AvgIpc) is 1.52. The van der Waals surface area contributed by atoms with Gasteiger partial charge in [0.2, 0.25) is 46.2 Å². The summed E-state index contributed by atoms with van der Waals surface area (Å²) in [5.74, 6) is -10.6. The van der Waals surface area contributed by atoms with Gasteiger partial charge in [0.25, 0.3) is 55.0 Å². The lowest BCUT2D eigenvalue weighted by Gasteiger charge is -2.46. The molecule has 0 fully saturated rings. The molecule has 5 aliphatic heterocycles. The van der Waals surface area contributed by atoms with Crippen LogP contribution in [0.5, 0.6) is 34.5 Å². The summed E-state index contributed by atoms with van der Waals surface area (Å²) in [4.78, 5) is 36.3. The van der Waals surface area contributed by atoms with Crippen molar-refractivity contribution in [3.05, 3.63) is 83.4 Å². The van der Waals surface area contributed by atoms with Crippen molar-refractivity contribution >= 4 is 54.3 Å². The quantitative estimate of drug-likeness (QED) is 0.0644. The molecule has 30 heteroatoms. The van der Waals surface area contributed by atoms with Gasteiger partial charge >= 0.3 is 0 Å². The van der Waals surface area contributed by atoms with Crippen molar-refractivity contribution < 1.29 is 91.5 Å². The predicted molar refractivity (Wildman–Crippen MR) is 300 cm³/mol. The van der Waals surface area contributed by atoms with Crippen molar-refractivity contribution in [2.24, 2.45) is 0 Å². The second-order valence-corrected chi connectivity index (χ2v) is 24.0. The maximum atomic E-state index is 13.3. The van der Waals surface area contributed by atoms with Gasteiger partial charge in [-0.25, -0.2) is 29.9 Å². The lowest BCUT2D eigenvalue weighted by atomic mass is 10.1. The van der Waals surface area contributed by atoms with Crippen LogP contribution in [-0.2, 0) is 66.5 Å². The highest BCUT2D eigenvalue weighted by Crippen LogP contribution is 2.54. The maximum Gasteiger partial charge on any atom is 0.297 e. The molecule has 8 heterocycles. The van der Waals surface area contributed by atoms with E-state index in [4.69, 9.17) is 105 Å². The Morgan fingerprint density at radius 1 is 0.384 bits per heavy atom. The number of fused-ring (bicyclic) bond motifs is 19. The minimum absolute atomic E-state index is 0.0443. The predicted octanol–water partition coefficient (Wildman–Crippen LogP) is 7.00. The van der Waals surface area contributed by atoms with Crippen molar-refractivity contribution in [3.8, 4) is 57.3 Å². The van der Waals surface area contributed by atoms with Gasteiger partial charge in [-0.2, -0.15) is 16.8 Å². The molecule has 0 amide bonds. The van der Waals surface area contributed by atoms with Crippen LogP contribution in [0.4, 0.5) is 0 Å². The van der Waals surface area contributed by atoms with E-state index in [1.54, 1.807) is 65.8 Å². The first kappa shape index (κ1) is 59.9. The summed E-state index contributed by atoms with van der Waals surface area (Å²) in [6, 6.07) is 15.4. The van der Waals surface area contributed by atoms with Crippen molar-refractivity contribution in [1.29, 1.82) is 0 Å². The van der Waals surface area contributed by atoms with E-state index in [-0.39, 0.29) is 126 Å². The molecule has 0 radical (unpaired) electrons. The van der Waals surface area contributed by atoms with Crippen LogP contribution in [0, 0.1) is 13.8 Å². The molecule has 0 saturated heterocycles. The van der Waals surface area contributed by atoms with Crippen LogP contribution in [0.25, 0.3) is 56.9 Å². The SMILES string of the molecule is CO[C@]1(C)OC2=C(O[C@@]1(C)OC)c1nc2nc2[nH]c(nc3nc(nc4[nH]c(n1)c1c4O[C@@](C)(OC)[C@](C)(OC)O1)-c1c(OCCOS(=O)(=O)c4ccc(C)cc4)ccc(OCCOS(=O)(=O)c4ccc(C)cc4)c1-3)c1c2O[C@@](C)(OC)[C@](C)(OC)O1. The highest BCUT2D eigenvalue weighted by molar-refractivity contribution is 7.87. The Balaban J connectivity index is 1.17. The van der Waals surface area contributed by atoms with Gasteiger partial charge in [0, 0.05) is 84.2 Å². The van der Waals surface area contributed by atoms with E-state index in [1.165, 1.54) is 79.1 Å². The largest absolute Gasteiger partial charge is 0.490 e. The van der Waals surface area contributed by atoms with Crippen LogP contribution < -0.4 is 28.4 Å². The van der Waals surface area contributed by atoms with Crippen molar-refractivity contribution in [2.75, 3.05) is 69.1 Å². The Hall–Kier alpha value is -7.78. The molecule has 0 aliphatic carbocycles. The average molecular weight is 1230 g/mol. The Bertz CT molecular complexity index is 3870. The second-order valence-electron chi connectivity index (χ2n) is 20.8. The number of hydrogen-bond acceptors (Lipinski definition) is 26. The normalized spacial score (nSPS) is 24.8. The third-order valence-electron chi connectivity index (χ3n) is 15.6. The third kappa shape index (κ3) is 9.95. The Labute approximate surface area is 493 Å². The molecule has 2 N–H and O–H groups in total. The van der Waals surface area contributed by atoms with Crippen molar-refractivity contribution in [2.45, 2.75) is 99.9 Å². The summed E-state index contributed by atoms with van der Waals surface area (Å²) in [6.07, 6.45) is 0. The van der Waals surface area contributed by atoms with Gasteiger partial charge in [0.15, 0.2) is 34.2 Å². The summed E-state index contributed by atoms with van der Waals surface area (Å²) in [7, 11) is -0.0207. The minimum Gasteiger partial charge on any atom is -0.490 e. The number of ether oxygens (including phenoxy) is 14. The number of aromatic nitrogens is 8. The minimum atomic E-state index is -4.23. The topological polar surface area (TPSA) is 325 Å². The highest BCUT2D eigenvalue weighted by atomic mass is 32.2. The molecule has 5 aliphatic rings. The van der Waals surface area contributed by atoms with E-state index < -0.39 is 68.2 Å². The summed E-state index contributed by atoms with van der Waals surface area (Å²) in [6.45, 7) is 11.7. The second kappa shape index (κ2) is 21.6. The highest BCUT2D eigenvalue weighted by Gasteiger charge is 2.60. The zero-order valence-electron chi connectivity index (χ0n) is 49.3. The molecular weight excluding hydrogens is 1170 g/mol. The monoisotopic (exact) mass is 1230 g/mol. The van der Waals surface area contributed by atoms with Gasteiger partial charge in [-0.15, -0.1) is 0 Å². The van der Waals surface area contributed by atoms with Gasteiger partial charge in [-0.1, -0.05) is 35.4 Å². The van der Waals surface area contributed by atoms with Gasteiger partial charge in [0.1, 0.15) is 37.9 Å². The standard InChI is InChI=1S/C56H62N8O20S2/c1-29-15-19-31(20-16-29)85(65,66)77-27-25-75-33-23-24-34(76-26-28-78-86(67,68)32-21-17-30(2)18-22-32)36-35(33)43-57-44(36)59-46-38-40(82-54(6,72-12)52(4,70-10)80-38)48(61-46)63-50-42-41(83-55(7,73-13)56(8,74-14)84-42)49(64-50)62-47-39-37(45(58-43)60-47)79-51(3,69-9)53(5,71-11)81-39/h15-24H,25-28H2,1-14H3,(H2,57,58,59,60,61,62,63,64)/t51-,52-,53-,54-,55-,56-/m1/s1. The van der Waals surface area contributed by atoms with E-state index in [0.717, 1.165) is 11.1 Å². The van der Waals surface area contributed by atoms with Crippen LogP contribution in [0.1, 0.15) is 64.3 Å². The van der Waals surface area contributed by atoms with Crippen molar-refractivity contribution in [3.63, 3.8) is 0 Å². The lowest BCUT2D eigenvalue weighted by molar-refractivity contribution is -0.359. The summed E-state index contributed by atoms with van der Waals surface area (Å²) >= 11 is 0. The van der Waals surface area contributed by atoms with E-state index in [1.807, 2.05) is 13.8 Å². The Morgan fingerprint density at radius 3 is 0.965 bits per heavy atom. The fourth-order valence-electron chi connectivity index (χ4n) is 9.59. The number of nitrogens with one attached hydrogen (secondary N) is 2. The molecule has 86 heavy (non-hydrogen) atoms. The van der Waals surface area contributed by atoms with E-state index >= 15 is 0 Å². The first-order valence-electron chi connectivity index (χ1n) is 26.6. The lowest BCUT2D eigenvalue weighted by Crippen LogP contribution is -2.62. The van der Waals surface area contributed by atoms with Crippen LogP contribution >= 0.6 is 0 Å². The molecule has 28 nitrogen and oxygen atoms in total. The first-order chi connectivity index (χ1) is 40.7. The third-order valence-corrected chi connectivity index (χ3v) is 18.3. The van der Waals surface area contributed by atoms with Gasteiger partial charge in [0.05, 0.1) is 20.9 Å². The van der Waals surface area contributed by atoms with Gasteiger partial charge in [-0.05, 0) is 50.2 Å². The van der Waals surface area contributed by atoms with E-state index in [9.17, 15) is 16.8 Å². The number of benzene rings is 3. The molecular formula is C56H62N8O20S2. The van der Waals surface area contributed by atoms with Crippen LogP contribution in [0.15, 0.2) is 70.5 Å². The molecule has 11 rings (SSSR count). The fourth-order valence-corrected chi connectivity index (χ4v) is 11.4. The Kier molecular flexibility index (Phi) is 15.0. The van der Waals surface area contributed by atoms with Crippen LogP contribution in [-0.4, -0.2) is 161 Å². The molecule has 6 aromatic rings. The number of H-pyrrole nitrogens is 2. The summed E-state index contributed by atoms with van der Waals surface area (Å²) in [5.41, 5.74) is 1.69. The van der Waals surface area contributed by atoms with E-state index in [2.05, 4.69) is 9.97 Å². The Morgan fingerprint density at radius 2 is 0.663 bits per heavy atom. The number of hydrogen-bond donors (Lipinski definition) is 2. The smallest absolute Gasteiger partial charge is 0.297 e. The molecule has 0 saturated carbocycles. The number of rotatable bonds is 18.